The summed E-state index contributed by atoms with van der Waals surface area (Å²) in [5.41, 5.74) is 3.61. The first-order valence-electron chi connectivity index (χ1n) is 11.8. The van der Waals surface area contributed by atoms with Crippen molar-refractivity contribution < 1.29 is 18.0 Å². The standard InChI is InChI=1S/C25H30BrN3O4S/c1-3-17-5-7-20(8-6-17)27-25(31)18-9-12-28(13-10-18)34(32,33)23-16-22-19(15-21(23)26)11-14-29(22)24(30)4-2/h5-8,15-16,18H,3-4,9-14H2,1-2H3,(H,27,31). The second-order valence-corrected chi connectivity index (χ2v) is 11.5. The van der Waals surface area contributed by atoms with Crippen LogP contribution < -0.4 is 10.2 Å². The zero-order valence-corrected chi connectivity index (χ0v) is 21.9. The van der Waals surface area contributed by atoms with Crippen molar-refractivity contribution in [3.8, 4) is 0 Å². The van der Waals surface area contributed by atoms with Crippen LogP contribution in [0.15, 0.2) is 45.8 Å². The molecule has 2 amide bonds. The summed E-state index contributed by atoms with van der Waals surface area (Å²) < 4.78 is 28.9. The highest BCUT2D eigenvalue weighted by atomic mass is 79.9. The SMILES string of the molecule is CCC(=O)N1CCc2cc(Br)c(S(=O)(=O)N3CCC(C(=O)Nc4ccc(CC)cc4)CC3)cc21. The molecule has 0 unspecified atom stereocenters. The van der Waals surface area contributed by atoms with Gasteiger partial charge < -0.3 is 10.2 Å². The van der Waals surface area contributed by atoms with Gasteiger partial charge in [0, 0.05) is 47.8 Å². The Hall–Kier alpha value is -2.23. The fourth-order valence-electron chi connectivity index (χ4n) is 4.60. The Balaban J connectivity index is 1.45. The summed E-state index contributed by atoms with van der Waals surface area (Å²) in [7, 11) is -3.77. The third-order valence-electron chi connectivity index (χ3n) is 6.70. The molecule has 0 aromatic heterocycles. The number of sulfonamides is 1. The van der Waals surface area contributed by atoms with E-state index in [1.807, 2.05) is 30.3 Å². The van der Waals surface area contributed by atoms with E-state index in [9.17, 15) is 18.0 Å². The monoisotopic (exact) mass is 547 g/mol. The molecule has 0 bridgehead atoms. The van der Waals surface area contributed by atoms with E-state index in [4.69, 9.17) is 0 Å². The largest absolute Gasteiger partial charge is 0.326 e. The lowest BCUT2D eigenvalue weighted by atomic mass is 9.97. The average Bonchev–Trinajstić information content (AvgIpc) is 3.26. The van der Waals surface area contributed by atoms with E-state index in [1.54, 1.807) is 17.9 Å². The van der Waals surface area contributed by atoms with Crippen LogP contribution in [0.25, 0.3) is 0 Å². The minimum absolute atomic E-state index is 0.0134. The molecule has 9 heteroatoms. The number of nitrogens with one attached hydrogen (secondary N) is 1. The maximum Gasteiger partial charge on any atom is 0.244 e. The Morgan fingerprint density at radius 1 is 1.06 bits per heavy atom. The number of amides is 2. The molecule has 0 spiro atoms. The van der Waals surface area contributed by atoms with Gasteiger partial charge in [-0.05, 0) is 77.0 Å². The van der Waals surface area contributed by atoms with Crippen LogP contribution in [0.5, 0.6) is 0 Å². The molecule has 34 heavy (non-hydrogen) atoms. The van der Waals surface area contributed by atoms with E-state index in [1.165, 1.54) is 9.87 Å². The predicted octanol–water partition coefficient (Wildman–Crippen LogP) is 4.35. The number of benzene rings is 2. The predicted molar refractivity (Wildman–Crippen MR) is 136 cm³/mol. The summed E-state index contributed by atoms with van der Waals surface area (Å²) in [5, 5.41) is 2.95. The van der Waals surface area contributed by atoms with E-state index < -0.39 is 10.0 Å². The van der Waals surface area contributed by atoms with Crippen LogP contribution in [-0.4, -0.2) is 44.2 Å². The summed E-state index contributed by atoms with van der Waals surface area (Å²) in [6.07, 6.45) is 2.94. The minimum Gasteiger partial charge on any atom is -0.326 e. The molecule has 2 aliphatic rings. The molecule has 0 aliphatic carbocycles. The first-order chi connectivity index (χ1) is 16.2. The van der Waals surface area contributed by atoms with E-state index in [0.717, 1.165) is 17.7 Å². The van der Waals surface area contributed by atoms with Gasteiger partial charge in [0.1, 0.15) is 0 Å². The molecule has 0 saturated carbocycles. The first kappa shape index (κ1) is 24.9. The van der Waals surface area contributed by atoms with Gasteiger partial charge in [0.2, 0.25) is 21.8 Å². The molecule has 1 saturated heterocycles. The highest BCUT2D eigenvalue weighted by molar-refractivity contribution is 9.10. The van der Waals surface area contributed by atoms with Crippen molar-refractivity contribution in [1.82, 2.24) is 4.31 Å². The summed E-state index contributed by atoms with van der Waals surface area (Å²) >= 11 is 3.44. The number of nitrogens with zero attached hydrogens (tertiary/aromatic N) is 2. The molecule has 182 valence electrons. The number of fused-ring (bicyclic) bond motifs is 1. The van der Waals surface area contributed by atoms with Crippen LogP contribution in [0.1, 0.15) is 44.2 Å². The molecule has 2 aliphatic heterocycles. The molecule has 2 aromatic rings. The van der Waals surface area contributed by atoms with Crippen LogP contribution in [0.3, 0.4) is 0 Å². The Kier molecular flexibility index (Phi) is 7.45. The maximum absolute atomic E-state index is 13.5. The molecular formula is C25H30BrN3O4S. The lowest BCUT2D eigenvalue weighted by Crippen LogP contribution is -2.41. The normalized spacial score (nSPS) is 17.0. The lowest BCUT2D eigenvalue weighted by Gasteiger charge is -2.31. The quantitative estimate of drug-likeness (QED) is 0.582. The number of aryl methyl sites for hydroxylation is 1. The number of piperidine rings is 1. The number of hydrogen-bond acceptors (Lipinski definition) is 4. The molecular weight excluding hydrogens is 518 g/mol. The van der Waals surface area contributed by atoms with Gasteiger partial charge in [-0.15, -0.1) is 0 Å². The number of hydrogen-bond donors (Lipinski definition) is 1. The van der Waals surface area contributed by atoms with Crippen LogP contribution in [0.2, 0.25) is 0 Å². The molecule has 0 atom stereocenters. The molecule has 1 fully saturated rings. The van der Waals surface area contributed by atoms with E-state index in [0.29, 0.717) is 42.4 Å². The fraction of sp³-hybridized carbons (Fsp3) is 0.440. The van der Waals surface area contributed by atoms with Crippen LogP contribution in [0, 0.1) is 5.92 Å². The fourth-order valence-corrected chi connectivity index (χ4v) is 7.14. The molecule has 2 aromatic carbocycles. The second kappa shape index (κ2) is 10.2. The topological polar surface area (TPSA) is 86.8 Å². The van der Waals surface area contributed by atoms with Crippen molar-refractivity contribution in [2.45, 2.75) is 50.8 Å². The van der Waals surface area contributed by atoms with Crippen LogP contribution in [0.4, 0.5) is 11.4 Å². The number of carbonyl (C=O) groups excluding carboxylic acids is 2. The van der Waals surface area contributed by atoms with Crippen molar-refractivity contribution in [2.75, 3.05) is 29.9 Å². The number of halogens is 1. The van der Waals surface area contributed by atoms with Crippen molar-refractivity contribution in [2.24, 2.45) is 5.92 Å². The Morgan fingerprint density at radius 2 is 1.74 bits per heavy atom. The van der Waals surface area contributed by atoms with Gasteiger partial charge in [-0.1, -0.05) is 26.0 Å². The van der Waals surface area contributed by atoms with Crippen LogP contribution >= 0.6 is 15.9 Å². The summed E-state index contributed by atoms with van der Waals surface area (Å²) in [4.78, 5) is 26.9. The van der Waals surface area contributed by atoms with Crippen molar-refractivity contribution in [3.63, 3.8) is 0 Å². The van der Waals surface area contributed by atoms with Crippen LogP contribution in [-0.2, 0) is 32.5 Å². The summed E-state index contributed by atoms with van der Waals surface area (Å²) in [6.45, 7) is 5.00. The third kappa shape index (κ3) is 4.92. The Labute approximate surface area is 209 Å². The second-order valence-electron chi connectivity index (χ2n) is 8.78. The number of anilines is 2. The average molecular weight is 549 g/mol. The zero-order valence-electron chi connectivity index (χ0n) is 19.5. The van der Waals surface area contributed by atoms with Gasteiger partial charge in [0.05, 0.1) is 4.90 Å². The highest BCUT2D eigenvalue weighted by Crippen LogP contribution is 2.37. The molecule has 0 radical (unpaired) electrons. The van der Waals surface area contributed by atoms with E-state index >= 15 is 0 Å². The van der Waals surface area contributed by atoms with Gasteiger partial charge in [0.15, 0.2) is 0 Å². The zero-order chi connectivity index (χ0) is 24.5. The maximum atomic E-state index is 13.5. The van der Waals surface area contributed by atoms with Gasteiger partial charge in [-0.2, -0.15) is 4.31 Å². The minimum atomic E-state index is -3.77. The summed E-state index contributed by atoms with van der Waals surface area (Å²) in [5.74, 6) is -0.326. The Morgan fingerprint density at radius 3 is 2.35 bits per heavy atom. The molecule has 2 heterocycles. The highest BCUT2D eigenvalue weighted by Gasteiger charge is 2.35. The van der Waals surface area contributed by atoms with Crippen molar-refractivity contribution >= 4 is 49.1 Å². The number of rotatable bonds is 6. The van der Waals surface area contributed by atoms with Gasteiger partial charge in [-0.3, -0.25) is 9.59 Å². The van der Waals surface area contributed by atoms with Gasteiger partial charge in [-0.25, -0.2) is 8.42 Å². The molecule has 4 rings (SSSR count). The first-order valence-corrected chi connectivity index (χ1v) is 14.0. The third-order valence-corrected chi connectivity index (χ3v) is 9.56. The molecule has 1 N–H and O–H groups in total. The van der Waals surface area contributed by atoms with E-state index in [2.05, 4.69) is 28.2 Å². The summed E-state index contributed by atoms with van der Waals surface area (Å²) in [6, 6.07) is 11.2. The number of carbonyl (C=O) groups is 2. The van der Waals surface area contributed by atoms with Gasteiger partial charge in [0.25, 0.3) is 0 Å². The van der Waals surface area contributed by atoms with Crippen molar-refractivity contribution in [3.05, 3.63) is 52.0 Å². The van der Waals surface area contributed by atoms with E-state index in [-0.39, 0.29) is 35.7 Å². The lowest BCUT2D eigenvalue weighted by molar-refractivity contribution is -0.121. The smallest absolute Gasteiger partial charge is 0.244 e. The van der Waals surface area contributed by atoms with Crippen molar-refractivity contribution in [1.29, 1.82) is 0 Å². The van der Waals surface area contributed by atoms with Gasteiger partial charge >= 0.3 is 0 Å². The Bertz CT molecular complexity index is 1190. The molecule has 7 nitrogen and oxygen atoms in total.